The maximum absolute atomic E-state index is 11.2. The van der Waals surface area contributed by atoms with E-state index in [0.717, 1.165) is 5.75 Å². The van der Waals surface area contributed by atoms with Crippen LogP contribution in [0.15, 0.2) is 0 Å². The molecule has 0 amide bonds. The van der Waals surface area contributed by atoms with Gasteiger partial charge in [0.2, 0.25) is 0 Å². The molecule has 2 nitrogen and oxygen atoms in total. The zero-order valence-electron chi connectivity index (χ0n) is 6.92. The van der Waals surface area contributed by atoms with Crippen molar-refractivity contribution in [1.29, 1.82) is 0 Å². The minimum Gasteiger partial charge on any atom is -0.468 e. The first-order chi connectivity index (χ1) is 5.08. The van der Waals surface area contributed by atoms with E-state index in [1.165, 1.54) is 7.11 Å². The van der Waals surface area contributed by atoms with Gasteiger partial charge in [-0.15, -0.1) is 23.5 Å². The van der Waals surface area contributed by atoms with E-state index < -0.39 is 0 Å². The Kier molecular flexibility index (Phi) is 2.75. The standard InChI is InChI=1S/C7H12O2S2/c1-5-10-4-7(2,11-5)6(8)9-3/h5H,4H2,1-3H3. The lowest BCUT2D eigenvalue weighted by Crippen LogP contribution is -2.32. The molecule has 0 radical (unpaired) electrons. The fourth-order valence-corrected chi connectivity index (χ4v) is 4.21. The van der Waals surface area contributed by atoms with E-state index in [2.05, 4.69) is 6.92 Å². The van der Waals surface area contributed by atoms with Crippen molar-refractivity contribution in [2.75, 3.05) is 12.9 Å². The lowest BCUT2D eigenvalue weighted by molar-refractivity contribution is -0.142. The Morgan fingerprint density at radius 2 is 2.36 bits per heavy atom. The largest absolute Gasteiger partial charge is 0.468 e. The second kappa shape index (κ2) is 3.27. The summed E-state index contributed by atoms with van der Waals surface area (Å²) in [6.45, 7) is 4.06. The van der Waals surface area contributed by atoms with Crippen molar-refractivity contribution >= 4 is 29.5 Å². The van der Waals surface area contributed by atoms with Crippen LogP contribution in [-0.4, -0.2) is 28.2 Å². The molecule has 1 saturated heterocycles. The highest BCUT2D eigenvalue weighted by molar-refractivity contribution is 8.21. The zero-order chi connectivity index (χ0) is 8.48. The molecule has 1 aliphatic rings. The van der Waals surface area contributed by atoms with Crippen LogP contribution in [0.4, 0.5) is 0 Å². The summed E-state index contributed by atoms with van der Waals surface area (Å²) in [5, 5.41) is 0. The molecule has 0 spiro atoms. The number of rotatable bonds is 1. The Labute approximate surface area is 75.4 Å². The maximum atomic E-state index is 11.2. The molecular weight excluding hydrogens is 180 g/mol. The van der Waals surface area contributed by atoms with Gasteiger partial charge < -0.3 is 4.74 Å². The molecule has 0 aromatic heterocycles. The number of hydrogen-bond donors (Lipinski definition) is 0. The second-order valence-electron chi connectivity index (χ2n) is 2.72. The fourth-order valence-electron chi connectivity index (χ4n) is 1.03. The van der Waals surface area contributed by atoms with Gasteiger partial charge in [-0.05, 0) is 13.8 Å². The van der Waals surface area contributed by atoms with E-state index in [-0.39, 0.29) is 10.7 Å². The summed E-state index contributed by atoms with van der Waals surface area (Å²) in [5.41, 5.74) is 0. The van der Waals surface area contributed by atoms with E-state index in [9.17, 15) is 4.79 Å². The molecule has 1 rings (SSSR count). The van der Waals surface area contributed by atoms with Crippen LogP contribution in [-0.2, 0) is 9.53 Å². The number of esters is 1. The van der Waals surface area contributed by atoms with Crippen LogP contribution in [0.25, 0.3) is 0 Å². The molecule has 0 saturated carbocycles. The van der Waals surface area contributed by atoms with Crippen LogP contribution in [0.3, 0.4) is 0 Å². The van der Waals surface area contributed by atoms with Gasteiger partial charge in [-0.25, -0.2) is 0 Å². The monoisotopic (exact) mass is 192 g/mol. The Morgan fingerprint density at radius 1 is 1.73 bits per heavy atom. The van der Waals surface area contributed by atoms with E-state index in [1.807, 2.05) is 18.7 Å². The normalized spacial score (nSPS) is 37.2. The molecule has 0 aliphatic carbocycles. The van der Waals surface area contributed by atoms with Gasteiger partial charge in [-0.3, -0.25) is 4.79 Å². The molecule has 1 heterocycles. The number of ether oxygens (including phenoxy) is 1. The maximum Gasteiger partial charge on any atom is 0.322 e. The van der Waals surface area contributed by atoms with Crippen molar-refractivity contribution in [3.05, 3.63) is 0 Å². The molecule has 0 aromatic rings. The molecule has 0 N–H and O–H groups in total. The van der Waals surface area contributed by atoms with Gasteiger partial charge in [-0.1, -0.05) is 0 Å². The first-order valence-electron chi connectivity index (χ1n) is 3.46. The number of carbonyl (C=O) groups excluding carboxylic acids is 1. The summed E-state index contributed by atoms with van der Waals surface area (Å²) in [5.74, 6) is 0.769. The van der Waals surface area contributed by atoms with Crippen LogP contribution in [0.2, 0.25) is 0 Å². The molecule has 0 bridgehead atoms. The molecule has 4 heteroatoms. The van der Waals surface area contributed by atoms with Crippen molar-refractivity contribution < 1.29 is 9.53 Å². The van der Waals surface area contributed by atoms with Gasteiger partial charge in [0.1, 0.15) is 4.75 Å². The molecule has 2 unspecified atom stereocenters. The lowest BCUT2D eigenvalue weighted by Gasteiger charge is -2.17. The number of thioether (sulfide) groups is 2. The summed E-state index contributed by atoms with van der Waals surface area (Å²) in [6, 6.07) is 0. The predicted octanol–water partition coefficient (Wildman–Crippen LogP) is 1.74. The molecular formula is C7H12O2S2. The number of carbonyl (C=O) groups is 1. The Balaban J connectivity index is 2.61. The highest BCUT2D eigenvalue weighted by Gasteiger charge is 2.42. The Morgan fingerprint density at radius 3 is 2.73 bits per heavy atom. The highest BCUT2D eigenvalue weighted by atomic mass is 32.2. The quantitative estimate of drug-likeness (QED) is 0.591. The molecule has 2 atom stereocenters. The van der Waals surface area contributed by atoms with Crippen molar-refractivity contribution in [2.24, 2.45) is 0 Å². The summed E-state index contributed by atoms with van der Waals surface area (Å²) in [6.07, 6.45) is 0. The van der Waals surface area contributed by atoms with Crippen molar-refractivity contribution in [2.45, 2.75) is 23.2 Å². The molecule has 11 heavy (non-hydrogen) atoms. The topological polar surface area (TPSA) is 26.3 Å². The third-order valence-corrected chi connectivity index (χ3v) is 4.89. The summed E-state index contributed by atoms with van der Waals surface area (Å²) in [4.78, 5) is 11.2. The van der Waals surface area contributed by atoms with E-state index in [1.54, 1.807) is 11.8 Å². The van der Waals surface area contributed by atoms with Gasteiger partial charge >= 0.3 is 5.97 Å². The van der Waals surface area contributed by atoms with E-state index in [0.29, 0.717) is 4.58 Å². The van der Waals surface area contributed by atoms with Gasteiger partial charge in [0.25, 0.3) is 0 Å². The van der Waals surface area contributed by atoms with Gasteiger partial charge in [0.15, 0.2) is 0 Å². The van der Waals surface area contributed by atoms with Crippen LogP contribution in [0.1, 0.15) is 13.8 Å². The Hall–Kier alpha value is 0.170. The molecule has 0 aromatic carbocycles. The zero-order valence-corrected chi connectivity index (χ0v) is 8.55. The van der Waals surface area contributed by atoms with Crippen LogP contribution < -0.4 is 0 Å². The lowest BCUT2D eigenvalue weighted by atomic mass is 10.2. The third kappa shape index (κ3) is 1.85. The smallest absolute Gasteiger partial charge is 0.322 e. The summed E-state index contributed by atoms with van der Waals surface area (Å²) in [7, 11) is 1.45. The summed E-state index contributed by atoms with van der Waals surface area (Å²) >= 11 is 3.50. The predicted molar refractivity (Wildman–Crippen MR) is 49.9 cm³/mol. The van der Waals surface area contributed by atoms with Gasteiger partial charge in [-0.2, -0.15) is 0 Å². The van der Waals surface area contributed by atoms with E-state index in [4.69, 9.17) is 4.74 Å². The molecule has 1 fully saturated rings. The minimum atomic E-state index is -0.307. The summed E-state index contributed by atoms with van der Waals surface area (Å²) < 4.78 is 4.92. The van der Waals surface area contributed by atoms with Crippen LogP contribution in [0.5, 0.6) is 0 Å². The second-order valence-corrected chi connectivity index (χ2v) is 6.19. The number of methoxy groups -OCH3 is 1. The average molecular weight is 192 g/mol. The molecule has 64 valence electrons. The SMILES string of the molecule is COC(=O)C1(C)CSC(C)S1. The van der Waals surface area contributed by atoms with Crippen molar-refractivity contribution in [1.82, 2.24) is 0 Å². The first kappa shape index (κ1) is 9.26. The Bertz CT molecular complexity index is 172. The van der Waals surface area contributed by atoms with Crippen molar-refractivity contribution in [3.8, 4) is 0 Å². The van der Waals surface area contributed by atoms with Gasteiger partial charge in [0.05, 0.1) is 7.11 Å². The third-order valence-electron chi connectivity index (χ3n) is 1.64. The number of hydrogen-bond acceptors (Lipinski definition) is 4. The first-order valence-corrected chi connectivity index (χ1v) is 5.39. The molecule has 1 aliphatic heterocycles. The van der Waals surface area contributed by atoms with E-state index >= 15 is 0 Å². The fraction of sp³-hybridized carbons (Fsp3) is 0.857. The minimum absolute atomic E-state index is 0.0978. The van der Waals surface area contributed by atoms with Crippen LogP contribution >= 0.6 is 23.5 Å². The average Bonchev–Trinajstić information content (AvgIpc) is 2.31. The van der Waals surface area contributed by atoms with Gasteiger partial charge in [0, 0.05) is 10.3 Å². The van der Waals surface area contributed by atoms with Crippen LogP contribution in [0, 0.1) is 0 Å². The van der Waals surface area contributed by atoms with Crippen molar-refractivity contribution in [3.63, 3.8) is 0 Å². The highest BCUT2D eigenvalue weighted by Crippen LogP contribution is 2.45.